The Morgan fingerprint density at radius 2 is 2.46 bits per heavy atom. The Labute approximate surface area is 82.2 Å². The molecule has 4 heteroatoms. The Morgan fingerprint density at radius 3 is 3.00 bits per heavy atom. The van der Waals surface area contributed by atoms with Gasteiger partial charge in [0.2, 0.25) is 5.88 Å². The smallest absolute Gasteiger partial charge is 0.222 e. The summed E-state index contributed by atoms with van der Waals surface area (Å²) in [6.07, 6.45) is 1.58. The summed E-state index contributed by atoms with van der Waals surface area (Å²) in [5.74, 6) is 0.461. The monoisotopic (exact) mass is 198 g/mol. The minimum absolute atomic E-state index is 0.335. The molecular weight excluding hydrogens is 188 g/mol. The Hall–Kier alpha value is -1.06. The summed E-state index contributed by atoms with van der Waals surface area (Å²) in [5.41, 5.74) is 6.86. The van der Waals surface area contributed by atoms with Gasteiger partial charge in [-0.2, -0.15) is 0 Å². The van der Waals surface area contributed by atoms with E-state index in [2.05, 4.69) is 11.6 Å². The Balaban J connectivity index is 3.22. The van der Waals surface area contributed by atoms with Crippen molar-refractivity contribution < 1.29 is 4.74 Å². The number of halogens is 1. The van der Waals surface area contributed by atoms with Gasteiger partial charge in [0, 0.05) is 12.7 Å². The van der Waals surface area contributed by atoms with Crippen LogP contribution in [0.4, 0.5) is 0 Å². The minimum atomic E-state index is 0.335. The van der Waals surface area contributed by atoms with E-state index >= 15 is 0 Å². The summed E-state index contributed by atoms with van der Waals surface area (Å²) in [6.45, 7) is 4.12. The van der Waals surface area contributed by atoms with Crippen LogP contribution < -0.4 is 10.5 Å². The summed E-state index contributed by atoms with van der Waals surface area (Å²) in [5, 5.41) is 0.558. The number of pyridine rings is 1. The highest BCUT2D eigenvalue weighted by atomic mass is 35.5. The summed E-state index contributed by atoms with van der Waals surface area (Å²) in [6, 6.07) is 1.68. The van der Waals surface area contributed by atoms with Gasteiger partial charge in [-0.15, -0.1) is 0 Å². The molecule has 70 valence electrons. The molecular formula is C9H11ClN2O. The van der Waals surface area contributed by atoms with Crippen LogP contribution in [0.5, 0.6) is 5.88 Å². The summed E-state index contributed by atoms with van der Waals surface area (Å²) in [4.78, 5) is 4.00. The fourth-order valence-corrected chi connectivity index (χ4v) is 1.27. The molecule has 1 rings (SSSR count). The van der Waals surface area contributed by atoms with Crippen LogP contribution in [0.25, 0.3) is 5.57 Å². The van der Waals surface area contributed by atoms with E-state index in [1.54, 1.807) is 12.3 Å². The maximum Gasteiger partial charge on any atom is 0.222 e. The molecule has 2 N–H and O–H groups in total. The van der Waals surface area contributed by atoms with E-state index in [0.717, 1.165) is 5.57 Å². The van der Waals surface area contributed by atoms with Crippen LogP contribution in [0.2, 0.25) is 5.02 Å². The second kappa shape index (κ2) is 4.25. The van der Waals surface area contributed by atoms with Gasteiger partial charge in [0.15, 0.2) is 0 Å². The predicted molar refractivity (Wildman–Crippen MR) is 53.9 cm³/mol. The minimum Gasteiger partial charge on any atom is -0.481 e. The SMILES string of the molecule is C=C(CN)c1c(Cl)ccnc1OC. The van der Waals surface area contributed by atoms with E-state index in [1.807, 2.05) is 0 Å². The molecule has 3 nitrogen and oxygen atoms in total. The summed E-state index contributed by atoms with van der Waals surface area (Å²) < 4.78 is 5.04. The van der Waals surface area contributed by atoms with Gasteiger partial charge >= 0.3 is 0 Å². The molecule has 0 atom stereocenters. The van der Waals surface area contributed by atoms with Crippen LogP contribution in [0.1, 0.15) is 5.56 Å². The fourth-order valence-electron chi connectivity index (χ4n) is 0.997. The van der Waals surface area contributed by atoms with Gasteiger partial charge in [-0.05, 0) is 11.6 Å². The normalized spacial score (nSPS) is 9.77. The average molecular weight is 199 g/mol. The molecule has 0 fully saturated rings. The van der Waals surface area contributed by atoms with E-state index in [0.29, 0.717) is 23.0 Å². The highest BCUT2D eigenvalue weighted by Gasteiger charge is 2.10. The van der Waals surface area contributed by atoms with Crippen molar-refractivity contribution in [2.75, 3.05) is 13.7 Å². The molecule has 0 saturated carbocycles. The van der Waals surface area contributed by atoms with E-state index in [4.69, 9.17) is 22.1 Å². The quantitative estimate of drug-likeness (QED) is 0.805. The number of rotatable bonds is 3. The average Bonchev–Trinajstić information content (AvgIpc) is 2.16. The van der Waals surface area contributed by atoms with Crippen molar-refractivity contribution >= 4 is 17.2 Å². The Bertz CT molecular complexity index is 325. The molecule has 0 aliphatic heterocycles. The molecule has 0 aliphatic carbocycles. The number of nitrogens with zero attached hydrogens (tertiary/aromatic N) is 1. The molecule has 0 radical (unpaired) electrons. The molecule has 1 heterocycles. The molecule has 0 bridgehead atoms. The second-order valence-electron chi connectivity index (χ2n) is 2.48. The third kappa shape index (κ3) is 1.99. The number of methoxy groups -OCH3 is 1. The first-order valence-electron chi connectivity index (χ1n) is 3.77. The van der Waals surface area contributed by atoms with Crippen LogP contribution in [0.15, 0.2) is 18.8 Å². The van der Waals surface area contributed by atoms with E-state index < -0.39 is 0 Å². The highest BCUT2D eigenvalue weighted by Crippen LogP contribution is 2.29. The molecule has 0 amide bonds. The third-order valence-electron chi connectivity index (χ3n) is 1.66. The van der Waals surface area contributed by atoms with Crippen molar-refractivity contribution in [3.63, 3.8) is 0 Å². The molecule has 1 aromatic rings. The lowest BCUT2D eigenvalue weighted by Crippen LogP contribution is -2.04. The van der Waals surface area contributed by atoms with E-state index in [-0.39, 0.29) is 0 Å². The zero-order valence-corrected chi connectivity index (χ0v) is 8.14. The van der Waals surface area contributed by atoms with Crippen LogP contribution in [-0.4, -0.2) is 18.6 Å². The van der Waals surface area contributed by atoms with Gasteiger partial charge in [0.05, 0.1) is 17.7 Å². The lowest BCUT2D eigenvalue weighted by molar-refractivity contribution is 0.396. The number of ether oxygens (including phenoxy) is 1. The molecule has 1 aromatic heterocycles. The largest absolute Gasteiger partial charge is 0.481 e. The number of hydrogen-bond donors (Lipinski definition) is 1. The molecule has 0 unspecified atom stereocenters. The van der Waals surface area contributed by atoms with Crippen molar-refractivity contribution in [1.29, 1.82) is 0 Å². The zero-order valence-electron chi connectivity index (χ0n) is 7.38. The molecule has 0 aliphatic rings. The summed E-state index contributed by atoms with van der Waals surface area (Å²) >= 11 is 5.95. The van der Waals surface area contributed by atoms with Crippen LogP contribution in [0.3, 0.4) is 0 Å². The lowest BCUT2D eigenvalue weighted by atomic mass is 10.1. The number of aromatic nitrogens is 1. The van der Waals surface area contributed by atoms with Crippen molar-refractivity contribution in [2.24, 2.45) is 5.73 Å². The topological polar surface area (TPSA) is 48.1 Å². The van der Waals surface area contributed by atoms with Gasteiger partial charge in [-0.1, -0.05) is 18.2 Å². The molecule has 0 aromatic carbocycles. The van der Waals surface area contributed by atoms with Crippen LogP contribution in [-0.2, 0) is 0 Å². The lowest BCUT2D eigenvalue weighted by Gasteiger charge is -2.09. The Morgan fingerprint density at radius 1 is 1.77 bits per heavy atom. The Kier molecular flexibility index (Phi) is 3.28. The van der Waals surface area contributed by atoms with Crippen molar-refractivity contribution in [1.82, 2.24) is 4.98 Å². The highest BCUT2D eigenvalue weighted by molar-refractivity contribution is 6.32. The van der Waals surface area contributed by atoms with E-state index in [1.165, 1.54) is 7.11 Å². The first-order chi connectivity index (χ1) is 6.20. The van der Waals surface area contributed by atoms with Gasteiger partial charge in [-0.3, -0.25) is 0 Å². The summed E-state index contributed by atoms with van der Waals surface area (Å²) in [7, 11) is 1.53. The van der Waals surface area contributed by atoms with Gasteiger partial charge in [0.1, 0.15) is 0 Å². The van der Waals surface area contributed by atoms with Crippen molar-refractivity contribution in [3.05, 3.63) is 29.4 Å². The number of nitrogens with two attached hydrogens (primary N) is 1. The van der Waals surface area contributed by atoms with E-state index in [9.17, 15) is 0 Å². The van der Waals surface area contributed by atoms with Crippen molar-refractivity contribution in [3.8, 4) is 5.88 Å². The first-order valence-corrected chi connectivity index (χ1v) is 4.15. The number of hydrogen-bond acceptors (Lipinski definition) is 3. The van der Waals surface area contributed by atoms with Crippen LogP contribution >= 0.6 is 11.6 Å². The first kappa shape index (κ1) is 10.0. The zero-order chi connectivity index (χ0) is 9.84. The maximum absolute atomic E-state index is 5.95. The second-order valence-corrected chi connectivity index (χ2v) is 2.89. The van der Waals surface area contributed by atoms with Gasteiger partial charge < -0.3 is 10.5 Å². The van der Waals surface area contributed by atoms with Gasteiger partial charge in [-0.25, -0.2) is 4.98 Å². The molecule has 0 saturated heterocycles. The standard InChI is InChI=1S/C9H11ClN2O/c1-6(5-11)8-7(10)3-4-12-9(8)13-2/h3-4H,1,5,11H2,2H3. The predicted octanol–water partition coefficient (Wildman–Crippen LogP) is 1.72. The van der Waals surface area contributed by atoms with Gasteiger partial charge in [0.25, 0.3) is 0 Å². The molecule has 0 spiro atoms. The molecule has 13 heavy (non-hydrogen) atoms. The van der Waals surface area contributed by atoms with Crippen molar-refractivity contribution in [2.45, 2.75) is 0 Å². The third-order valence-corrected chi connectivity index (χ3v) is 1.97. The fraction of sp³-hybridized carbons (Fsp3) is 0.222. The van der Waals surface area contributed by atoms with Crippen LogP contribution in [0, 0.1) is 0 Å². The maximum atomic E-state index is 5.95.